The van der Waals surface area contributed by atoms with Crippen molar-refractivity contribution in [2.45, 2.75) is 64.6 Å². The van der Waals surface area contributed by atoms with Gasteiger partial charge in [-0.1, -0.05) is 13.8 Å². The Kier molecular flexibility index (Phi) is 5.12. The van der Waals surface area contributed by atoms with Crippen LogP contribution in [0.25, 0.3) is 0 Å². The Morgan fingerprint density at radius 3 is 1.45 bits per heavy atom. The summed E-state index contributed by atoms with van der Waals surface area (Å²) in [5.41, 5.74) is 0. The fourth-order valence-corrected chi connectivity index (χ4v) is 4.16. The average molecular weight is 276 g/mol. The summed E-state index contributed by atoms with van der Waals surface area (Å²) < 4.78 is 10.3. The quantitative estimate of drug-likeness (QED) is 0.739. The van der Waals surface area contributed by atoms with Crippen LogP contribution in [0.5, 0.6) is 0 Å². The third-order valence-electron chi connectivity index (χ3n) is 5.34. The molecule has 110 valence electrons. The molecular weight excluding hydrogens is 252 g/mol. The average Bonchev–Trinajstić information content (AvgIpc) is 2.44. The predicted octanol–water partition coefficient (Wildman–Crippen LogP) is 3.59. The standard InChI is InChI=1S/C16H24N2O2/c1-11-7-13(3-5-15(11)19-9-17)14-4-6-16(20-10-18)12(2)8-14/h11-16H,3-8H2,1-2H3. The largest absolute Gasteiger partial charge is 0.424 e. The van der Waals surface area contributed by atoms with E-state index >= 15 is 0 Å². The van der Waals surface area contributed by atoms with Gasteiger partial charge in [-0.05, 0) is 62.2 Å². The Morgan fingerprint density at radius 2 is 1.15 bits per heavy atom. The van der Waals surface area contributed by atoms with Gasteiger partial charge in [-0.2, -0.15) is 10.5 Å². The molecule has 0 N–H and O–H groups in total. The van der Waals surface area contributed by atoms with E-state index in [1.807, 2.05) is 12.5 Å². The maximum Gasteiger partial charge on any atom is 0.286 e. The van der Waals surface area contributed by atoms with Gasteiger partial charge >= 0.3 is 0 Å². The van der Waals surface area contributed by atoms with Gasteiger partial charge in [0.15, 0.2) is 0 Å². The number of rotatable bonds is 3. The summed E-state index contributed by atoms with van der Waals surface area (Å²) in [5, 5.41) is 17.3. The van der Waals surface area contributed by atoms with E-state index in [0.29, 0.717) is 11.8 Å². The van der Waals surface area contributed by atoms with E-state index in [9.17, 15) is 0 Å². The van der Waals surface area contributed by atoms with Gasteiger partial charge in [0.25, 0.3) is 12.5 Å². The minimum absolute atomic E-state index is 0.118. The fourth-order valence-electron chi connectivity index (χ4n) is 4.16. The zero-order valence-corrected chi connectivity index (χ0v) is 12.4. The molecule has 0 aromatic heterocycles. The molecule has 0 radical (unpaired) electrons. The zero-order chi connectivity index (χ0) is 14.5. The molecule has 0 spiro atoms. The van der Waals surface area contributed by atoms with Crippen LogP contribution >= 0.6 is 0 Å². The summed E-state index contributed by atoms with van der Waals surface area (Å²) in [4.78, 5) is 0. The second kappa shape index (κ2) is 6.84. The van der Waals surface area contributed by atoms with E-state index in [-0.39, 0.29) is 12.2 Å². The highest BCUT2D eigenvalue weighted by atomic mass is 16.5. The van der Waals surface area contributed by atoms with Crippen LogP contribution in [0.4, 0.5) is 0 Å². The molecule has 20 heavy (non-hydrogen) atoms. The van der Waals surface area contributed by atoms with E-state index in [1.54, 1.807) is 0 Å². The maximum atomic E-state index is 8.65. The lowest BCUT2D eigenvalue weighted by molar-refractivity contribution is 0.00217. The topological polar surface area (TPSA) is 66.0 Å². The van der Waals surface area contributed by atoms with Gasteiger partial charge in [-0.25, -0.2) is 0 Å². The first-order chi connectivity index (χ1) is 9.65. The fraction of sp³-hybridized carbons (Fsp3) is 0.875. The van der Waals surface area contributed by atoms with Crippen molar-refractivity contribution in [2.24, 2.45) is 23.7 Å². The highest BCUT2D eigenvalue weighted by molar-refractivity contribution is 4.88. The number of hydrogen-bond acceptors (Lipinski definition) is 4. The monoisotopic (exact) mass is 276 g/mol. The predicted molar refractivity (Wildman–Crippen MR) is 74.0 cm³/mol. The third kappa shape index (κ3) is 3.37. The van der Waals surface area contributed by atoms with Crippen LogP contribution in [0.2, 0.25) is 0 Å². The van der Waals surface area contributed by atoms with Gasteiger partial charge in [0.2, 0.25) is 0 Å². The lowest BCUT2D eigenvalue weighted by Gasteiger charge is -2.41. The van der Waals surface area contributed by atoms with Gasteiger partial charge in [0.1, 0.15) is 12.2 Å². The first-order valence-electron chi connectivity index (χ1n) is 7.75. The van der Waals surface area contributed by atoms with Gasteiger partial charge in [-0.15, -0.1) is 0 Å². The first-order valence-corrected chi connectivity index (χ1v) is 7.75. The van der Waals surface area contributed by atoms with E-state index < -0.39 is 0 Å². The molecule has 0 saturated heterocycles. The Morgan fingerprint density at radius 1 is 0.750 bits per heavy atom. The summed E-state index contributed by atoms with van der Waals surface area (Å²) >= 11 is 0. The molecule has 2 aliphatic carbocycles. The Bertz CT molecular complexity index is 360. The van der Waals surface area contributed by atoms with Crippen LogP contribution < -0.4 is 0 Å². The molecule has 2 rings (SSSR count). The molecule has 6 atom stereocenters. The van der Waals surface area contributed by atoms with Crippen molar-refractivity contribution in [2.75, 3.05) is 0 Å². The zero-order valence-electron chi connectivity index (χ0n) is 12.4. The molecule has 0 aromatic carbocycles. The summed E-state index contributed by atoms with van der Waals surface area (Å²) in [6, 6.07) is 0. The molecule has 4 nitrogen and oxygen atoms in total. The first kappa shape index (κ1) is 15.0. The summed E-state index contributed by atoms with van der Waals surface area (Å²) in [7, 11) is 0. The Hall–Kier alpha value is -1.42. The highest BCUT2D eigenvalue weighted by Gasteiger charge is 2.37. The van der Waals surface area contributed by atoms with Gasteiger partial charge in [0.05, 0.1) is 0 Å². The van der Waals surface area contributed by atoms with Crippen LogP contribution in [0.15, 0.2) is 0 Å². The summed E-state index contributed by atoms with van der Waals surface area (Å²) in [6.07, 6.45) is 10.6. The molecule has 0 aromatic rings. The summed E-state index contributed by atoms with van der Waals surface area (Å²) in [5.74, 6) is 2.43. The van der Waals surface area contributed by atoms with Crippen molar-refractivity contribution < 1.29 is 9.47 Å². The Labute approximate surface area is 121 Å². The van der Waals surface area contributed by atoms with Crippen molar-refractivity contribution in [3.63, 3.8) is 0 Å². The molecule has 0 bridgehead atoms. The normalized spacial score (nSPS) is 41.2. The lowest BCUT2D eigenvalue weighted by atomic mass is 9.67. The molecule has 2 saturated carbocycles. The van der Waals surface area contributed by atoms with Crippen LogP contribution in [-0.2, 0) is 9.47 Å². The van der Waals surface area contributed by atoms with Crippen LogP contribution in [0.3, 0.4) is 0 Å². The molecule has 0 aliphatic heterocycles. The van der Waals surface area contributed by atoms with Crippen molar-refractivity contribution >= 4 is 0 Å². The molecule has 2 fully saturated rings. The van der Waals surface area contributed by atoms with Gasteiger partial charge < -0.3 is 9.47 Å². The Balaban J connectivity index is 1.86. The number of nitriles is 2. The summed E-state index contributed by atoms with van der Waals surface area (Å²) in [6.45, 7) is 4.39. The van der Waals surface area contributed by atoms with E-state index in [1.165, 1.54) is 0 Å². The molecule has 6 unspecified atom stereocenters. The SMILES string of the molecule is CC1CC(C2CCC(OC#N)C(C)C2)CCC1OC#N. The highest BCUT2D eigenvalue weighted by Crippen LogP contribution is 2.43. The molecular formula is C16H24N2O2. The maximum absolute atomic E-state index is 8.65. The van der Waals surface area contributed by atoms with Gasteiger partial charge in [-0.3, -0.25) is 0 Å². The van der Waals surface area contributed by atoms with Crippen molar-refractivity contribution in [1.29, 1.82) is 10.5 Å². The molecule has 4 heteroatoms. The van der Waals surface area contributed by atoms with Crippen LogP contribution in [0, 0.1) is 46.7 Å². The lowest BCUT2D eigenvalue weighted by Crippen LogP contribution is -2.36. The van der Waals surface area contributed by atoms with Crippen LogP contribution in [0.1, 0.15) is 52.4 Å². The molecule has 2 aliphatic rings. The van der Waals surface area contributed by atoms with Crippen molar-refractivity contribution in [1.82, 2.24) is 0 Å². The van der Waals surface area contributed by atoms with Crippen molar-refractivity contribution in [3.8, 4) is 12.5 Å². The smallest absolute Gasteiger partial charge is 0.286 e. The van der Waals surface area contributed by atoms with Crippen LogP contribution in [-0.4, -0.2) is 12.2 Å². The van der Waals surface area contributed by atoms with E-state index in [4.69, 9.17) is 20.0 Å². The third-order valence-corrected chi connectivity index (χ3v) is 5.34. The second-order valence-electron chi connectivity index (χ2n) is 6.60. The molecule has 0 heterocycles. The van der Waals surface area contributed by atoms with E-state index in [0.717, 1.165) is 50.4 Å². The minimum atomic E-state index is 0.118. The minimum Gasteiger partial charge on any atom is -0.424 e. The molecule has 0 amide bonds. The van der Waals surface area contributed by atoms with E-state index in [2.05, 4.69) is 13.8 Å². The second-order valence-corrected chi connectivity index (χ2v) is 6.60. The van der Waals surface area contributed by atoms with Crippen molar-refractivity contribution in [3.05, 3.63) is 0 Å². The number of nitrogens with zero attached hydrogens (tertiary/aromatic N) is 2. The number of hydrogen-bond donors (Lipinski definition) is 0. The number of ether oxygens (including phenoxy) is 2. The van der Waals surface area contributed by atoms with Gasteiger partial charge in [0, 0.05) is 0 Å².